The molecule has 6 rings (SSSR count). The molecule has 216 valence electrons. The molecule has 0 radical (unpaired) electrons. The molecule has 0 spiro atoms. The second-order valence-electron chi connectivity index (χ2n) is 11.0. The third kappa shape index (κ3) is 7.24. The summed E-state index contributed by atoms with van der Waals surface area (Å²) in [6.45, 7) is 5.46. The van der Waals surface area contributed by atoms with Gasteiger partial charge in [-0.15, -0.1) is 0 Å². The number of cyclic esters (lactones) is 1. The average Bonchev–Trinajstić information content (AvgIpc) is 3.38. The second-order valence-corrected chi connectivity index (χ2v) is 11.0. The van der Waals surface area contributed by atoms with Gasteiger partial charge in [0.05, 0.1) is 0 Å². The highest BCUT2D eigenvalue weighted by Crippen LogP contribution is 2.32. The first kappa shape index (κ1) is 27.3. The van der Waals surface area contributed by atoms with Crippen LogP contribution in [0.25, 0.3) is 0 Å². The van der Waals surface area contributed by atoms with Crippen molar-refractivity contribution in [2.24, 2.45) is 5.92 Å². The fourth-order valence-corrected chi connectivity index (χ4v) is 5.71. The van der Waals surface area contributed by atoms with Gasteiger partial charge in [-0.05, 0) is 68.1 Å². The molecule has 8 heteroatoms. The third-order valence-electron chi connectivity index (χ3n) is 8.09. The van der Waals surface area contributed by atoms with Crippen LogP contribution in [0.5, 0.6) is 23.0 Å². The molecule has 0 saturated carbocycles. The summed E-state index contributed by atoms with van der Waals surface area (Å²) in [7, 11) is 0. The first-order chi connectivity index (χ1) is 20.2. The number of benzene rings is 3. The maximum Gasteiger partial charge on any atom is 0.410 e. The SMILES string of the molecule is O=C1OC[C@@H](COc2cccc(OCc3ccccc3)c2)N1CCC1CCN(C[C@H]2COc3ccccc3O2)CC1. The van der Waals surface area contributed by atoms with Crippen LogP contribution in [0.15, 0.2) is 78.9 Å². The van der Waals surface area contributed by atoms with Crippen molar-refractivity contribution in [1.29, 1.82) is 0 Å². The predicted octanol–water partition coefficient (Wildman–Crippen LogP) is 5.41. The van der Waals surface area contributed by atoms with Crippen LogP contribution < -0.4 is 18.9 Å². The van der Waals surface area contributed by atoms with E-state index in [1.807, 2.05) is 83.8 Å². The summed E-state index contributed by atoms with van der Waals surface area (Å²) < 4.78 is 29.4. The van der Waals surface area contributed by atoms with Gasteiger partial charge in [-0.2, -0.15) is 0 Å². The van der Waals surface area contributed by atoms with E-state index >= 15 is 0 Å². The molecule has 0 N–H and O–H groups in total. The van der Waals surface area contributed by atoms with Crippen LogP contribution in [0.1, 0.15) is 24.8 Å². The van der Waals surface area contributed by atoms with Crippen LogP contribution >= 0.6 is 0 Å². The van der Waals surface area contributed by atoms with E-state index in [1.54, 1.807) is 0 Å². The predicted molar refractivity (Wildman–Crippen MR) is 155 cm³/mol. The Bertz CT molecular complexity index is 1280. The molecule has 2 fully saturated rings. The molecule has 2 saturated heterocycles. The molecule has 0 unspecified atom stereocenters. The van der Waals surface area contributed by atoms with E-state index in [9.17, 15) is 4.79 Å². The molecule has 3 heterocycles. The van der Waals surface area contributed by atoms with Crippen LogP contribution in [0, 0.1) is 5.92 Å². The Morgan fingerprint density at radius 2 is 1.56 bits per heavy atom. The highest BCUT2D eigenvalue weighted by atomic mass is 16.6. The van der Waals surface area contributed by atoms with Crippen molar-refractivity contribution < 1.29 is 28.5 Å². The molecule has 3 aromatic carbocycles. The first-order valence-electron chi connectivity index (χ1n) is 14.6. The van der Waals surface area contributed by atoms with Gasteiger partial charge in [0.25, 0.3) is 0 Å². The van der Waals surface area contributed by atoms with Gasteiger partial charge in [0.1, 0.15) is 50.1 Å². The first-order valence-corrected chi connectivity index (χ1v) is 14.6. The minimum Gasteiger partial charge on any atom is -0.491 e. The van der Waals surface area contributed by atoms with Crippen LogP contribution in [0.4, 0.5) is 4.79 Å². The van der Waals surface area contributed by atoms with Crippen molar-refractivity contribution in [2.45, 2.75) is 38.0 Å². The number of likely N-dealkylation sites (tertiary alicyclic amines) is 1. The van der Waals surface area contributed by atoms with E-state index in [2.05, 4.69) is 4.90 Å². The molecule has 8 nitrogen and oxygen atoms in total. The zero-order chi connectivity index (χ0) is 27.9. The third-order valence-corrected chi connectivity index (χ3v) is 8.09. The smallest absolute Gasteiger partial charge is 0.410 e. The summed E-state index contributed by atoms with van der Waals surface area (Å²) in [4.78, 5) is 16.8. The lowest BCUT2D eigenvalue weighted by Gasteiger charge is -2.36. The molecule has 0 bridgehead atoms. The number of ether oxygens (including phenoxy) is 5. The average molecular weight is 559 g/mol. The van der Waals surface area contributed by atoms with Crippen molar-refractivity contribution in [3.63, 3.8) is 0 Å². The Morgan fingerprint density at radius 3 is 2.39 bits per heavy atom. The van der Waals surface area contributed by atoms with Gasteiger partial charge in [-0.1, -0.05) is 48.5 Å². The lowest BCUT2D eigenvalue weighted by Crippen LogP contribution is -2.44. The summed E-state index contributed by atoms with van der Waals surface area (Å²) in [5.41, 5.74) is 1.11. The molecule has 0 aromatic heterocycles. The van der Waals surface area contributed by atoms with Crippen LogP contribution in [0.2, 0.25) is 0 Å². The van der Waals surface area contributed by atoms with Crippen molar-refractivity contribution in [3.05, 3.63) is 84.4 Å². The molecular formula is C33H38N2O6. The quantitative estimate of drug-likeness (QED) is 0.312. The fourth-order valence-electron chi connectivity index (χ4n) is 5.71. The maximum atomic E-state index is 12.5. The molecule has 2 atom stereocenters. The number of carbonyl (C=O) groups is 1. The number of hydrogen-bond acceptors (Lipinski definition) is 7. The van der Waals surface area contributed by atoms with E-state index in [4.69, 9.17) is 23.7 Å². The van der Waals surface area contributed by atoms with Gasteiger partial charge >= 0.3 is 6.09 Å². The molecule has 41 heavy (non-hydrogen) atoms. The van der Waals surface area contributed by atoms with Crippen LogP contribution in [-0.2, 0) is 11.3 Å². The number of fused-ring (bicyclic) bond motifs is 1. The number of nitrogens with zero attached hydrogens (tertiary/aromatic N) is 2. The van der Waals surface area contributed by atoms with E-state index in [0.717, 1.165) is 67.5 Å². The molecule has 1 amide bonds. The van der Waals surface area contributed by atoms with Gasteiger partial charge in [-0.25, -0.2) is 4.79 Å². The van der Waals surface area contributed by atoms with Crippen LogP contribution in [-0.4, -0.2) is 74.0 Å². The second kappa shape index (κ2) is 13.2. The van der Waals surface area contributed by atoms with E-state index < -0.39 is 0 Å². The largest absolute Gasteiger partial charge is 0.491 e. The van der Waals surface area contributed by atoms with Gasteiger partial charge in [0.2, 0.25) is 0 Å². The van der Waals surface area contributed by atoms with Crippen LogP contribution in [0.3, 0.4) is 0 Å². The summed E-state index contributed by atoms with van der Waals surface area (Å²) in [5, 5.41) is 0. The molecule has 3 aromatic rings. The minimum atomic E-state index is -0.245. The fraction of sp³-hybridized carbons (Fsp3) is 0.424. The van der Waals surface area contributed by atoms with E-state index in [1.165, 1.54) is 0 Å². The molecular weight excluding hydrogens is 520 g/mol. The Hall–Kier alpha value is -3.91. The number of amides is 1. The van der Waals surface area contributed by atoms with Gasteiger partial charge < -0.3 is 23.7 Å². The normalized spacial score (nSPS) is 21.0. The monoisotopic (exact) mass is 558 g/mol. The zero-order valence-corrected chi connectivity index (χ0v) is 23.4. The summed E-state index contributed by atoms with van der Waals surface area (Å²) in [6, 6.07) is 25.5. The number of hydrogen-bond donors (Lipinski definition) is 0. The maximum absolute atomic E-state index is 12.5. The highest BCUT2D eigenvalue weighted by Gasteiger charge is 2.34. The van der Waals surface area contributed by atoms with Gasteiger partial charge in [0, 0.05) is 19.2 Å². The van der Waals surface area contributed by atoms with E-state index in [-0.39, 0.29) is 18.2 Å². The minimum absolute atomic E-state index is 0.0534. The zero-order valence-electron chi connectivity index (χ0n) is 23.4. The number of rotatable bonds is 11. The lowest BCUT2D eigenvalue weighted by atomic mass is 9.93. The Balaban J connectivity index is 0.922. The van der Waals surface area contributed by atoms with Crippen molar-refractivity contribution >= 4 is 6.09 Å². The molecule has 0 aliphatic carbocycles. The summed E-state index contributed by atoms with van der Waals surface area (Å²) in [6.07, 6.45) is 3.01. The number of para-hydroxylation sites is 2. The van der Waals surface area contributed by atoms with Gasteiger partial charge in [-0.3, -0.25) is 9.80 Å². The number of carbonyl (C=O) groups excluding carboxylic acids is 1. The van der Waals surface area contributed by atoms with Crippen molar-refractivity contribution in [1.82, 2.24) is 9.80 Å². The van der Waals surface area contributed by atoms with Crippen molar-refractivity contribution in [2.75, 3.05) is 46.0 Å². The summed E-state index contributed by atoms with van der Waals surface area (Å²) >= 11 is 0. The number of piperidine rings is 1. The Morgan fingerprint density at radius 1 is 0.805 bits per heavy atom. The van der Waals surface area contributed by atoms with Gasteiger partial charge in [0.15, 0.2) is 11.5 Å². The topological polar surface area (TPSA) is 69.7 Å². The van der Waals surface area contributed by atoms with E-state index in [0.29, 0.717) is 38.9 Å². The summed E-state index contributed by atoms with van der Waals surface area (Å²) in [5.74, 6) is 3.72. The Labute approximate surface area is 241 Å². The standard InChI is InChI=1S/C33H38N2O6/c36-33-35(18-15-25-13-16-34(17-14-25)20-30-24-39-31-11-4-5-12-32(31)41-30)27(23-40-33)22-38-29-10-6-9-28(19-29)37-21-26-7-2-1-3-8-26/h1-12,19,25,27,30H,13-18,20-24H2/t27-,30+/m1/s1. The molecule has 3 aliphatic rings. The van der Waals surface area contributed by atoms with Crippen molar-refractivity contribution in [3.8, 4) is 23.0 Å². The lowest BCUT2D eigenvalue weighted by molar-refractivity contribution is 0.0464. The highest BCUT2D eigenvalue weighted by molar-refractivity contribution is 5.70. The Kier molecular flexibility index (Phi) is 8.76. The molecule has 3 aliphatic heterocycles.